The minimum absolute atomic E-state index is 0.218. The number of hydrogen-bond donors (Lipinski definition) is 1. The quantitative estimate of drug-likeness (QED) is 0.697. The molecule has 1 heterocycles. The van der Waals surface area contributed by atoms with Crippen LogP contribution in [0.4, 0.5) is 5.69 Å². The number of carbonyl (C=O) groups is 1. The summed E-state index contributed by atoms with van der Waals surface area (Å²) in [5.74, 6) is -0.218. The van der Waals surface area contributed by atoms with Crippen LogP contribution in [0.2, 0.25) is 10.0 Å². The normalized spacial score (nSPS) is 11.2. The lowest BCUT2D eigenvalue weighted by Gasteiger charge is -2.11. The van der Waals surface area contributed by atoms with Gasteiger partial charge in [-0.1, -0.05) is 23.2 Å². The fourth-order valence-electron chi connectivity index (χ4n) is 2.62. The van der Waals surface area contributed by atoms with Crippen molar-refractivity contribution in [3.8, 4) is 0 Å². The maximum Gasteiger partial charge on any atom is 0.255 e. The molecule has 2 aromatic carbocycles. The van der Waals surface area contributed by atoms with Crippen molar-refractivity contribution in [1.82, 2.24) is 9.47 Å². The van der Waals surface area contributed by atoms with Gasteiger partial charge >= 0.3 is 0 Å². The predicted molar refractivity (Wildman–Crippen MR) is 105 cm³/mol. The third-order valence-corrected chi connectivity index (χ3v) is 4.74. The lowest BCUT2D eigenvalue weighted by molar-refractivity contribution is 0.102. The molecule has 0 aliphatic rings. The number of amides is 1. The van der Waals surface area contributed by atoms with Crippen LogP contribution in [0.5, 0.6) is 0 Å². The van der Waals surface area contributed by atoms with Crippen LogP contribution in [0.15, 0.2) is 48.7 Å². The Morgan fingerprint density at radius 3 is 2.60 bits per heavy atom. The summed E-state index contributed by atoms with van der Waals surface area (Å²) in [6.07, 6.45) is 2.07. The lowest BCUT2D eigenvalue weighted by Crippen LogP contribution is -2.17. The largest absolute Gasteiger partial charge is 0.346 e. The molecule has 0 bridgehead atoms. The van der Waals surface area contributed by atoms with Gasteiger partial charge in [-0.15, -0.1) is 0 Å². The number of carbonyl (C=O) groups excluding carboxylic acids is 1. The smallest absolute Gasteiger partial charge is 0.255 e. The number of anilines is 1. The Hall–Kier alpha value is -2.01. The van der Waals surface area contributed by atoms with E-state index in [9.17, 15) is 4.79 Å². The summed E-state index contributed by atoms with van der Waals surface area (Å²) in [6, 6.07) is 12.8. The number of rotatable bonds is 5. The van der Waals surface area contributed by atoms with Gasteiger partial charge in [-0.3, -0.25) is 4.79 Å². The second kappa shape index (κ2) is 7.48. The fraction of sp³-hybridized carbons (Fsp3) is 0.211. The molecule has 1 aromatic heterocycles. The Labute approximate surface area is 156 Å². The molecule has 3 rings (SSSR count). The number of fused-ring (bicyclic) bond motifs is 1. The van der Waals surface area contributed by atoms with E-state index in [0.29, 0.717) is 15.6 Å². The highest BCUT2D eigenvalue weighted by atomic mass is 35.5. The first-order valence-electron chi connectivity index (χ1n) is 7.94. The summed E-state index contributed by atoms with van der Waals surface area (Å²) in [4.78, 5) is 14.5. The summed E-state index contributed by atoms with van der Waals surface area (Å²) in [5.41, 5.74) is 2.36. The molecule has 0 radical (unpaired) electrons. The molecule has 4 nitrogen and oxygen atoms in total. The monoisotopic (exact) mass is 375 g/mol. The van der Waals surface area contributed by atoms with Gasteiger partial charge in [0.1, 0.15) is 0 Å². The van der Waals surface area contributed by atoms with Crippen LogP contribution in [0.1, 0.15) is 10.4 Å². The fourth-order valence-corrected chi connectivity index (χ4v) is 2.92. The van der Waals surface area contributed by atoms with Gasteiger partial charge in [0.05, 0.1) is 10.0 Å². The van der Waals surface area contributed by atoms with Gasteiger partial charge in [0.2, 0.25) is 0 Å². The second-order valence-corrected chi connectivity index (χ2v) is 6.98. The number of likely N-dealkylation sites (N-methyl/N-ethyl adjacent to an activating group) is 1. The van der Waals surface area contributed by atoms with E-state index < -0.39 is 0 Å². The van der Waals surface area contributed by atoms with Crippen molar-refractivity contribution in [3.63, 3.8) is 0 Å². The standard InChI is InChI=1S/C19H19Cl2N3O/c1-23(2)9-10-24-8-7-13-11-15(4-6-18(13)24)22-19(25)14-3-5-16(20)17(21)12-14/h3-8,11-12H,9-10H2,1-2H3,(H,22,25). The van der Waals surface area contributed by atoms with Gasteiger partial charge in [0.15, 0.2) is 0 Å². The van der Waals surface area contributed by atoms with Crippen molar-refractivity contribution < 1.29 is 4.79 Å². The van der Waals surface area contributed by atoms with Gasteiger partial charge in [-0.05, 0) is 56.6 Å². The van der Waals surface area contributed by atoms with Crippen molar-refractivity contribution in [3.05, 3.63) is 64.3 Å². The molecule has 130 valence electrons. The van der Waals surface area contributed by atoms with Crippen molar-refractivity contribution in [2.45, 2.75) is 6.54 Å². The van der Waals surface area contributed by atoms with E-state index >= 15 is 0 Å². The Kier molecular flexibility index (Phi) is 5.33. The zero-order valence-corrected chi connectivity index (χ0v) is 15.6. The number of benzene rings is 2. The van der Waals surface area contributed by atoms with E-state index in [0.717, 1.165) is 29.7 Å². The average molecular weight is 376 g/mol. The van der Waals surface area contributed by atoms with Gasteiger partial charge in [0.25, 0.3) is 5.91 Å². The Balaban J connectivity index is 1.77. The molecule has 0 unspecified atom stereocenters. The summed E-state index contributed by atoms with van der Waals surface area (Å²) in [5, 5.41) is 4.78. The summed E-state index contributed by atoms with van der Waals surface area (Å²) >= 11 is 11.9. The average Bonchev–Trinajstić information content (AvgIpc) is 2.97. The van der Waals surface area contributed by atoms with Gasteiger partial charge in [-0.25, -0.2) is 0 Å². The van der Waals surface area contributed by atoms with E-state index in [-0.39, 0.29) is 5.91 Å². The Morgan fingerprint density at radius 1 is 1.08 bits per heavy atom. The second-order valence-electron chi connectivity index (χ2n) is 6.17. The van der Waals surface area contributed by atoms with E-state index in [1.807, 2.05) is 18.2 Å². The van der Waals surface area contributed by atoms with Crippen molar-refractivity contribution in [1.29, 1.82) is 0 Å². The molecule has 25 heavy (non-hydrogen) atoms. The summed E-state index contributed by atoms with van der Waals surface area (Å²) in [7, 11) is 4.12. The predicted octanol–water partition coefficient (Wildman–Crippen LogP) is 4.76. The molecule has 0 saturated heterocycles. The molecular formula is C19H19Cl2N3O. The minimum atomic E-state index is -0.218. The maximum atomic E-state index is 12.4. The summed E-state index contributed by atoms with van der Waals surface area (Å²) in [6.45, 7) is 1.89. The molecule has 0 aliphatic carbocycles. The first-order valence-corrected chi connectivity index (χ1v) is 8.69. The molecule has 0 fully saturated rings. The molecule has 0 saturated carbocycles. The maximum absolute atomic E-state index is 12.4. The van der Waals surface area contributed by atoms with Crippen molar-refractivity contribution >= 4 is 45.7 Å². The molecule has 0 spiro atoms. The highest BCUT2D eigenvalue weighted by Crippen LogP contribution is 2.24. The number of hydrogen-bond acceptors (Lipinski definition) is 2. The number of halogens is 2. The molecule has 1 amide bonds. The van der Waals surface area contributed by atoms with Gasteiger partial charge in [0, 0.05) is 41.4 Å². The van der Waals surface area contributed by atoms with Crippen LogP contribution in [0, 0.1) is 0 Å². The highest BCUT2D eigenvalue weighted by molar-refractivity contribution is 6.42. The Morgan fingerprint density at radius 2 is 1.88 bits per heavy atom. The van der Waals surface area contributed by atoms with E-state index in [2.05, 4.69) is 41.1 Å². The van der Waals surface area contributed by atoms with Crippen LogP contribution in [0.25, 0.3) is 10.9 Å². The van der Waals surface area contributed by atoms with Crippen LogP contribution in [-0.2, 0) is 6.54 Å². The first kappa shape index (κ1) is 17.8. The van der Waals surface area contributed by atoms with E-state index in [1.165, 1.54) is 0 Å². The van der Waals surface area contributed by atoms with Crippen molar-refractivity contribution in [2.75, 3.05) is 26.0 Å². The lowest BCUT2D eigenvalue weighted by atomic mass is 10.2. The van der Waals surface area contributed by atoms with Gasteiger partial charge < -0.3 is 14.8 Å². The van der Waals surface area contributed by atoms with E-state index in [1.54, 1.807) is 18.2 Å². The highest BCUT2D eigenvalue weighted by Gasteiger charge is 2.10. The van der Waals surface area contributed by atoms with Crippen molar-refractivity contribution in [2.24, 2.45) is 0 Å². The van der Waals surface area contributed by atoms with Crippen LogP contribution >= 0.6 is 23.2 Å². The van der Waals surface area contributed by atoms with Gasteiger partial charge in [-0.2, -0.15) is 0 Å². The molecule has 0 aliphatic heterocycles. The number of aromatic nitrogens is 1. The zero-order chi connectivity index (χ0) is 18.0. The minimum Gasteiger partial charge on any atom is -0.346 e. The third-order valence-electron chi connectivity index (χ3n) is 4.00. The number of nitrogens with one attached hydrogen (secondary N) is 1. The first-order chi connectivity index (χ1) is 11.9. The molecular weight excluding hydrogens is 357 g/mol. The van der Waals surface area contributed by atoms with Crippen LogP contribution in [-0.4, -0.2) is 36.0 Å². The van der Waals surface area contributed by atoms with E-state index in [4.69, 9.17) is 23.2 Å². The van der Waals surface area contributed by atoms with Crippen LogP contribution in [0.3, 0.4) is 0 Å². The number of nitrogens with zero attached hydrogens (tertiary/aromatic N) is 2. The molecule has 0 atom stereocenters. The molecule has 6 heteroatoms. The third kappa shape index (κ3) is 4.15. The Bertz CT molecular complexity index is 918. The SMILES string of the molecule is CN(C)CCn1ccc2cc(NC(=O)c3ccc(Cl)c(Cl)c3)ccc21. The zero-order valence-electron chi connectivity index (χ0n) is 14.1. The summed E-state index contributed by atoms with van der Waals surface area (Å²) < 4.78 is 2.21. The topological polar surface area (TPSA) is 37.3 Å². The molecule has 3 aromatic rings. The van der Waals surface area contributed by atoms with Crippen LogP contribution < -0.4 is 5.32 Å². The molecule has 1 N–H and O–H groups in total.